The molecule has 0 radical (unpaired) electrons. The molecular formula is C12H26N2S. The maximum absolute atomic E-state index is 3.46. The third-order valence-electron chi connectivity index (χ3n) is 3.19. The molecular weight excluding hydrogens is 204 g/mol. The van der Waals surface area contributed by atoms with Crippen LogP contribution in [-0.4, -0.2) is 48.6 Å². The molecule has 1 heterocycles. The van der Waals surface area contributed by atoms with Crippen LogP contribution in [-0.2, 0) is 0 Å². The summed E-state index contributed by atoms with van der Waals surface area (Å²) in [5.41, 5.74) is 0. The van der Waals surface area contributed by atoms with E-state index in [9.17, 15) is 0 Å². The summed E-state index contributed by atoms with van der Waals surface area (Å²) in [5, 5.41) is 3.46. The molecule has 1 aliphatic rings. The van der Waals surface area contributed by atoms with Gasteiger partial charge in [0.05, 0.1) is 0 Å². The molecule has 3 heteroatoms. The fourth-order valence-corrected chi connectivity index (χ4v) is 2.96. The lowest BCUT2D eigenvalue weighted by Gasteiger charge is -2.24. The van der Waals surface area contributed by atoms with Crippen LogP contribution in [0.2, 0.25) is 0 Å². The van der Waals surface area contributed by atoms with Gasteiger partial charge in [0, 0.05) is 18.3 Å². The Bertz CT molecular complexity index is 164. The maximum Gasteiger partial charge on any atom is 0.0158 e. The van der Waals surface area contributed by atoms with E-state index in [1.54, 1.807) is 0 Å². The predicted octanol–water partition coefficient (Wildman–Crippen LogP) is 2.06. The number of nitrogens with one attached hydrogen (secondary N) is 1. The van der Waals surface area contributed by atoms with E-state index in [-0.39, 0.29) is 0 Å². The molecule has 0 spiro atoms. The van der Waals surface area contributed by atoms with Crippen molar-refractivity contribution in [2.75, 3.05) is 37.7 Å². The van der Waals surface area contributed by atoms with Gasteiger partial charge in [0.15, 0.2) is 0 Å². The summed E-state index contributed by atoms with van der Waals surface area (Å²) in [6, 6.07) is 0.765. The molecule has 1 rings (SSSR count). The van der Waals surface area contributed by atoms with Gasteiger partial charge in [-0.15, -0.1) is 0 Å². The molecule has 0 aliphatic carbocycles. The van der Waals surface area contributed by atoms with E-state index < -0.39 is 0 Å². The van der Waals surface area contributed by atoms with Crippen molar-refractivity contribution >= 4 is 11.8 Å². The number of nitrogens with zero attached hydrogens (tertiary/aromatic N) is 1. The third kappa shape index (κ3) is 4.75. The van der Waals surface area contributed by atoms with Gasteiger partial charge in [-0.1, -0.05) is 13.8 Å². The Hall–Kier alpha value is 0.270. The molecule has 1 aliphatic heterocycles. The molecule has 0 aromatic rings. The SMILES string of the molecule is CCNCC1CCN(C(C)CSCC)C1. The molecule has 2 nitrogen and oxygen atoms in total. The Morgan fingerprint density at radius 2 is 2.27 bits per heavy atom. The average molecular weight is 230 g/mol. The second-order valence-electron chi connectivity index (χ2n) is 4.47. The summed E-state index contributed by atoms with van der Waals surface area (Å²) < 4.78 is 0. The third-order valence-corrected chi connectivity index (χ3v) is 4.31. The van der Waals surface area contributed by atoms with Crippen molar-refractivity contribution in [2.24, 2.45) is 5.92 Å². The van der Waals surface area contributed by atoms with Crippen molar-refractivity contribution in [3.8, 4) is 0 Å². The molecule has 1 saturated heterocycles. The summed E-state index contributed by atoms with van der Waals surface area (Å²) >= 11 is 2.06. The highest BCUT2D eigenvalue weighted by atomic mass is 32.2. The Morgan fingerprint density at radius 1 is 1.47 bits per heavy atom. The first-order valence-corrected chi connectivity index (χ1v) is 7.45. The van der Waals surface area contributed by atoms with Crippen molar-refractivity contribution < 1.29 is 0 Å². The molecule has 1 N–H and O–H groups in total. The first kappa shape index (κ1) is 13.3. The zero-order chi connectivity index (χ0) is 11.1. The Morgan fingerprint density at radius 3 is 2.93 bits per heavy atom. The summed E-state index contributed by atoms with van der Waals surface area (Å²) in [6.07, 6.45) is 1.38. The fourth-order valence-electron chi connectivity index (χ4n) is 2.17. The van der Waals surface area contributed by atoms with Gasteiger partial charge in [-0.2, -0.15) is 11.8 Å². The van der Waals surface area contributed by atoms with Crippen LogP contribution in [0.15, 0.2) is 0 Å². The van der Waals surface area contributed by atoms with E-state index in [1.165, 1.54) is 37.6 Å². The zero-order valence-electron chi connectivity index (χ0n) is 10.5. The highest BCUT2D eigenvalue weighted by Gasteiger charge is 2.25. The monoisotopic (exact) mass is 230 g/mol. The topological polar surface area (TPSA) is 15.3 Å². The van der Waals surface area contributed by atoms with E-state index in [2.05, 4.69) is 42.7 Å². The van der Waals surface area contributed by atoms with Crippen LogP contribution in [0.4, 0.5) is 0 Å². The van der Waals surface area contributed by atoms with Gasteiger partial charge < -0.3 is 5.32 Å². The van der Waals surface area contributed by atoms with Gasteiger partial charge >= 0.3 is 0 Å². The molecule has 0 amide bonds. The van der Waals surface area contributed by atoms with Crippen LogP contribution in [0.5, 0.6) is 0 Å². The lowest BCUT2D eigenvalue weighted by molar-refractivity contribution is 0.268. The number of hydrogen-bond donors (Lipinski definition) is 1. The first-order valence-electron chi connectivity index (χ1n) is 6.30. The van der Waals surface area contributed by atoms with Crippen LogP contribution in [0.3, 0.4) is 0 Å². The molecule has 0 aromatic carbocycles. The molecule has 90 valence electrons. The van der Waals surface area contributed by atoms with Gasteiger partial charge in [-0.3, -0.25) is 4.90 Å². The van der Waals surface area contributed by atoms with Crippen molar-refractivity contribution in [3.63, 3.8) is 0 Å². The second kappa shape index (κ2) is 7.53. The largest absolute Gasteiger partial charge is 0.317 e. The molecule has 1 fully saturated rings. The van der Waals surface area contributed by atoms with Crippen molar-refractivity contribution in [1.82, 2.24) is 10.2 Å². The van der Waals surface area contributed by atoms with Crippen molar-refractivity contribution in [2.45, 2.75) is 33.2 Å². The lowest BCUT2D eigenvalue weighted by Crippen LogP contribution is -2.34. The Labute approximate surface area is 99.2 Å². The number of likely N-dealkylation sites (tertiary alicyclic amines) is 1. The molecule has 2 unspecified atom stereocenters. The molecule has 2 atom stereocenters. The van der Waals surface area contributed by atoms with Crippen LogP contribution < -0.4 is 5.32 Å². The van der Waals surface area contributed by atoms with Gasteiger partial charge in [0.1, 0.15) is 0 Å². The minimum Gasteiger partial charge on any atom is -0.317 e. The predicted molar refractivity (Wildman–Crippen MR) is 70.7 cm³/mol. The number of rotatable bonds is 7. The number of hydrogen-bond acceptors (Lipinski definition) is 3. The Balaban J connectivity index is 2.17. The molecule has 15 heavy (non-hydrogen) atoms. The summed E-state index contributed by atoms with van der Waals surface area (Å²) in [6.45, 7) is 11.7. The molecule has 0 saturated carbocycles. The fraction of sp³-hybridized carbons (Fsp3) is 1.00. The van der Waals surface area contributed by atoms with Crippen LogP contribution >= 0.6 is 11.8 Å². The van der Waals surface area contributed by atoms with Gasteiger partial charge in [0.25, 0.3) is 0 Å². The normalized spacial score (nSPS) is 24.6. The van der Waals surface area contributed by atoms with Crippen LogP contribution in [0.1, 0.15) is 27.2 Å². The van der Waals surface area contributed by atoms with Crippen LogP contribution in [0, 0.1) is 5.92 Å². The Kier molecular flexibility index (Phi) is 6.69. The summed E-state index contributed by atoms with van der Waals surface area (Å²) in [5.74, 6) is 3.43. The lowest BCUT2D eigenvalue weighted by atomic mass is 10.1. The van der Waals surface area contributed by atoms with E-state index in [0.717, 1.165) is 18.5 Å². The van der Waals surface area contributed by atoms with Gasteiger partial charge in [-0.25, -0.2) is 0 Å². The first-order chi connectivity index (χ1) is 7.27. The number of thioether (sulfide) groups is 1. The van der Waals surface area contributed by atoms with E-state index in [4.69, 9.17) is 0 Å². The van der Waals surface area contributed by atoms with Crippen LogP contribution in [0.25, 0.3) is 0 Å². The summed E-state index contributed by atoms with van der Waals surface area (Å²) in [7, 11) is 0. The van der Waals surface area contributed by atoms with Crippen molar-refractivity contribution in [1.29, 1.82) is 0 Å². The van der Waals surface area contributed by atoms with Gasteiger partial charge in [-0.05, 0) is 44.6 Å². The summed E-state index contributed by atoms with van der Waals surface area (Å²) in [4.78, 5) is 2.66. The van der Waals surface area contributed by atoms with E-state index in [0.29, 0.717) is 0 Å². The maximum atomic E-state index is 3.46. The van der Waals surface area contributed by atoms with Gasteiger partial charge in [0.2, 0.25) is 0 Å². The minimum atomic E-state index is 0.765. The zero-order valence-corrected chi connectivity index (χ0v) is 11.3. The standard InChI is InChI=1S/C12H26N2S/c1-4-13-8-12-6-7-14(9-12)11(3)10-15-5-2/h11-13H,4-10H2,1-3H3. The van der Waals surface area contributed by atoms with Crippen molar-refractivity contribution in [3.05, 3.63) is 0 Å². The quantitative estimate of drug-likeness (QED) is 0.721. The minimum absolute atomic E-state index is 0.765. The molecule has 0 bridgehead atoms. The van der Waals surface area contributed by atoms with E-state index in [1.807, 2.05) is 0 Å². The highest BCUT2D eigenvalue weighted by Crippen LogP contribution is 2.19. The highest BCUT2D eigenvalue weighted by molar-refractivity contribution is 7.99. The molecule has 0 aromatic heterocycles. The average Bonchev–Trinajstić information content (AvgIpc) is 2.71. The van der Waals surface area contributed by atoms with E-state index >= 15 is 0 Å². The second-order valence-corrected chi connectivity index (χ2v) is 5.78. The smallest absolute Gasteiger partial charge is 0.0158 e.